The van der Waals surface area contributed by atoms with Crippen molar-refractivity contribution in [3.8, 4) is 0 Å². The summed E-state index contributed by atoms with van der Waals surface area (Å²) in [5.74, 6) is 0.598. The van der Waals surface area contributed by atoms with Crippen LogP contribution in [0.5, 0.6) is 0 Å². The van der Waals surface area contributed by atoms with Gasteiger partial charge < -0.3 is 15.5 Å². The molecule has 2 aromatic rings. The van der Waals surface area contributed by atoms with E-state index in [1.807, 2.05) is 63.2 Å². The van der Waals surface area contributed by atoms with Crippen molar-refractivity contribution in [3.63, 3.8) is 0 Å². The summed E-state index contributed by atoms with van der Waals surface area (Å²) in [6, 6.07) is 11.6. The zero-order chi connectivity index (χ0) is 16.1. The van der Waals surface area contributed by atoms with E-state index >= 15 is 0 Å². The number of nitrogens with one attached hydrogen (secondary N) is 2. The first kappa shape index (κ1) is 15.8. The maximum absolute atomic E-state index is 12.2. The van der Waals surface area contributed by atoms with Gasteiger partial charge in [0.25, 0.3) is 5.91 Å². The van der Waals surface area contributed by atoms with Gasteiger partial charge in [0.15, 0.2) is 0 Å². The van der Waals surface area contributed by atoms with Crippen molar-refractivity contribution < 1.29 is 4.79 Å². The largest absolute Gasteiger partial charge is 0.378 e. The lowest BCUT2D eigenvalue weighted by molar-refractivity contribution is 0.102. The molecule has 0 bridgehead atoms. The molecule has 0 radical (unpaired) electrons. The van der Waals surface area contributed by atoms with Crippen molar-refractivity contribution in [2.24, 2.45) is 0 Å². The molecule has 1 heterocycles. The average Bonchev–Trinajstić information content (AvgIpc) is 2.47. The average molecular weight is 298 g/mol. The second-order valence-corrected chi connectivity index (χ2v) is 5.63. The molecule has 2 N–H and O–H groups in total. The standard InChI is InChI=1S/C17H22N4O/c1-12(2)19-16-9-8-13(11-18-16)17(22)20-14-6-5-7-15(10-14)21(3)4/h5-12H,1-4H3,(H,18,19)(H,20,22). The predicted molar refractivity (Wildman–Crippen MR) is 91.7 cm³/mol. The minimum Gasteiger partial charge on any atom is -0.378 e. The Hall–Kier alpha value is -2.56. The number of nitrogens with zero attached hydrogens (tertiary/aromatic N) is 2. The number of aromatic nitrogens is 1. The zero-order valence-corrected chi connectivity index (χ0v) is 13.4. The maximum atomic E-state index is 12.2. The fourth-order valence-electron chi connectivity index (χ4n) is 1.97. The van der Waals surface area contributed by atoms with Crippen LogP contribution in [0.25, 0.3) is 0 Å². The third kappa shape index (κ3) is 4.22. The molecule has 0 spiro atoms. The van der Waals surface area contributed by atoms with Gasteiger partial charge in [-0.25, -0.2) is 4.98 Å². The van der Waals surface area contributed by atoms with E-state index in [2.05, 4.69) is 15.6 Å². The third-order valence-corrected chi connectivity index (χ3v) is 3.08. The van der Waals surface area contributed by atoms with Gasteiger partial charge in [-0.05, 0) is 44.2 Å². The molecular weight excluding hydrogens is 276 g/mol. The molecule has 0 aliphatic rings. The highest BCUT2D eigenvalue weighted by Gasteiger charge is 2.08. The van der Waals surface area contributed by atoms with E-state index in [0.29, 0.717) is 11.6 Å². The molecule has 22 heavy (non-hydrogen) atoms. The molecule has 0 fully saturated rings. The van der Waals surface area contributed by atoms with E-state index in [9.17, 15) is 4.79 Å². The van der Waals surface area contributed by atoms with Gasteiger partial charge >= 0.3 is 0 Å². The van der Waals surface area contributed by atoms with Crippen LogP contribution in [-0.4, -0.2) is 31.0 Å². The second kappa shape index (κ2) is 6.93. The van der Waals surface area contributed by atoms with Crippen molar-refractivity contribution in [2.75, 3.05) is 29.6 Å². The molecule has 0 atom stereocenters. The van der Waals surface area contributed by atoms with Crippen LogP contribution in [0.2, 0.25) is 0 Å². The summed E-state index contributed by atoms with van der Waals surface area (Å²) in [6.07, 6.45) is 1.58. The monoisotopic (exact) mass is 298 g/mol. The quantitative estimate of drug-likeness (QED) is 0.890. The molecule has 116 valence electrons. The van der Waals surface area contributed by atoms with Crippen molar-refractivity contribution in [2.45, 2.75) is 19.9 Å². The number of rotatable bonds is 5. The fraction of sp³-hybridized carbons (Fsp3) is 0.294. The topological polar surface area (TPSA) is 57.3 Å². The fourth-order valence-corrected chi connectivity index (χ4v) is 1.97. The highest BCUT2D eigenvalue weighted by atomic mass is 16.1. The summed E-state index contributed by atoms with van der Waals surface area (Å²) >= 11 is 0. The number of benzene rings is 1. The van der Waals surface area contributed by atoms with Crippen molar-refractivity contribution in [3.05, 3.63) is 48.2 Å². The Morgan fingerprint density at radius 1 is 1.18 bits per heavy atom. The summed E-state index contributed by atoms with van der Waals surface area (Å²) in [5, 5.41) is 6.08. The van der Waals surface area contributed by atoms with Gasteiger partial charge in [0.1, 0.15) is 5.82 Å². The summed E-state index contributed by atoms with van der Waals surface area (Å²) in [7, 11) is 3.93. The minimum absolute atomic E-state index is 0.167. The summed E-state index contributed by atoms with van der Waals surface area (Å²) in [6.45, 7) is 4.08. The van der Waals surface area contributed by atoms with Crippen LogP contribution in [-0.2, 0) is 0 Å². The smallest absolute Gasteiger partial charge is 0.257 e. The van der Waals surface area contributed by atoms with E-state index in [1.165, 1.54) is 0 Å². The molecule has 1 amide bonds. The van der Waals surface area contributed by atoms with Crippen molar-refractivity contribution >= 4 is 23.1 Å². The lowest BCUT2D eigenvalue weighted by Gasteiger charge is -2.14. The van der Waals surface area contributed by atoms with Gasteiger partial charge in [-0.1, -0.05) is 6.07 Å². The van der Waals surface area contributed by atoms with Gasteiger partial charge in [0.05, 0.1) is 5.56 Å². The number of hydrogen-bond donors (Lipinski definition) is 2. The highest BCUT2D eigenvalue weighted by Crippen LogP contribution is 2.18. The Morgan fingerprint density at radius 3 is 2.55 bits per heavy atom. The Balaban J connectivity index is 2.07. The van der Waals surface area contributed by atoms with Crippen LogP contribution in [0.4, 0.5) is 17.2 Å². The molecule has 0 unspecified atom stereocenters. The number of anilines is 3. The second-order valence-electron chi connectivity index (χ2n) is 5.63. The first-order chi connectivity index (χ1) is 10.5. The Labute approximate surface area is 131 Å². The van der Waals surface area contributed by atoms with Gasteiger partial charge in [-0.3, -0.25) is 4.79 Å². The Kier molecular flexibility index (Phi) is 4.99. The van der Waals surface area contributed by atoms with E-state index in [-0.39, 0.29) is 5.91 Å². The molecule has 0 aliphatic heterocycles. The van der Waals surface area contributed by atoms with E-state index in [1.54, 1.807) is 12.3 Å². The molecule has 0 saturated heterocycles. The van der Waals surface area contributed by atoms with Crippen molar-refractivity contribution in [1.82, 2.24) is 4.98 Å². The highest BCUT2D eigenvalue weighted by molar-refractivity contribution is 6.04. The molecule has 1 aromatic heterocycles. The molecule has 2 rings (SSSR count). The minimum atomic E-state index is -0.167. The van der Waals surface area contributed by atoms with Gasteiger partial charge in [0, 0.05) is 37.7 Å². The molecule has 0 saturated carbocycles. The molecular formula is C17H22N4O. The Morgan fingerprint density at radius 2 is 1.95 bits per heavy atom. The first-order valence-electron chi connectivity index (χ1n) is 7.27. The third-order valence-electron chi connectivity index (χ3n) is 3.08. The summed E-state index contributed by atoms with van der Waals surface area (Å²) in [4.78, 5) is 18.5. The van der Waals surface area contributed by atoms with Gasteiger partial charge in [-0.2, -0.15) is 0 Å². The first-order valence-corrected chi connectivity index (χ1v) is 7.27. The SMILES string of the molecule is CC(C)Nc1ccc(C(=O)Nc2cccc(N(C)C)c2)cn1. The van der Waals surface area contributed by atoms with Crippen LogP contribution in [0.1, 0.15) is 24.2 Å². The Bertz CT molecular complexity index is 635. The van der Waals surface area contributed by atoms with Crippen molar-refractivity contribution in [1.29, 1.82) is 0 Å². The lowest BCUT2D eigenvalue weighted by Crippen LogP contribution is -2.15. The van der Waals surface area contributed by atoms with E-state index in [0.717, 1.165) is 17.2 Å². The van der Waals surface area contributed by atoms with Crippen LogP contribution in [0, 0.1) is 0 Å². The number of carbonyl (C=O) groups excluding carboxylic acids is 1. The normalized spacial score (nSPS) is 10.4. The van der Waals surface area contributed by atoms with E-state index in [4.69, 9.17) is 0 Å². The van der Waals surface area contributed by atoms with Crippen LogP contribution < -0.4 is 15.5 Å². The summed E-state index contributed by atoms with van der Waals surface area (Å²) in [5.41, 5.74) is 2.33. The van der Waals surface area contributed by atoms with Gasteiger partial charge in [-0.15, -0.1) is 0 Å². The molecule has 5 nitrogen and oxygen atoms in total. The van der Waals surface area contributed by atoms with E-state index < -0.39 is 0 Å². The number of hydrogen-bond acceptors (Lipinski definition) is 4. The molecule has 1 aromatic carbocycles. The number of pyridine rings is 1. The maximum Gasteiger partial charge on any atom is 0.257 e. The van der Waals surface area contributed by atoms with Gasteiger partial charge in [0.2, 0.25) is 0 Å². The molecule has 0 aliphatic carbocycles. The number of amides is 1. The lowest BCUT2D eigenvalue weighted by atomic mass is 10.2. The van der Waals surface area contributed by atoms with Crippen LogP contribution >= 0.6 is 0 Å². The van der Waals surface area contributed by atoms with Crippen LogP contribution in [0.15, 0.2) is 42.6 Å². The summed E-state index contributed by atoms with van der Waals surface area (Å²) < 4.78 is 0. The zero-order valence-electron chi connectivity index (χ0n) is 13.4. The number of carbonyl (C=O) groups is 1. The predicted octanol–water partition coefficient (Wildman–Crippen LogP) is 3.22. The molecule has 5 heteroatoms. The van der Waals surface area contributed by atoms with Crippen LogP contribution in [0.3, 0.4) is 0 Å².